The molecule has 102 valence electrons. The highest BCUT2D eigenvalue weighted by atomic mass is 19.4. The number of hydrogen-bond acceptors (Lipinski definition) is 4. The number of H-pyrrole nitrogens is 1. The molecule has 1 aliphatic rings. The van der Waals surface area contributed by atoms with E-state index in [0.29, 0.717) is 5.69 Å². The number of rotatable bonds is 2. The van der Waals surface area contributed by atoms with E-state index in [2.05, 4.69) is 20.4 Å². The van der Waals surface area contributed by atoms with Crippen LogP contribution in [0.2, 0.25) is 0 Å². The van der Waals surface area contributed by atoms with Crippen molar-refractivity contribution < 1.29 is 17.7 Å². The molecule has 0 aromatic carbocycles. The summed E-state index contributed by atoms with van der Waals surface area (Å²) in [5.41, 5.74) is -1.55. The standard InChI is InChI=1S/C11H11F3N4O/c12-11(13,14)10(3-5-15-6-10)9-17-8(18-19-9)7-2-1-4-16-7/h1-2,4,15-16H,3,5-6H2. The van der Waals surface area contributed by atoms with Crippen molar-refractivity contribution in [1.29, 1.82) is 0 Å². The predicted octanol–water partition coefficient (Wildman–Crippen LogP) is 1.86. The van der Waals surface area contributed by atoms with Crippen molar-refractivity contribution in [3.63, 3.8) is 0 Å². The summed E-state index contributed by atoms with van der Waals surface area (Å²) in [5.74, 6) is -0.245. The second-order valence-corrected chi connectivity index (χ2v) is 4.51. The quantitative estimate of drug-likeness (QED) is 0.875. The maximum absolute atomic E-state index is 13.3. The number of hydrogen-bond donors (Lipinski definition) is 2. The maximum atomic E-state index is 13.3. The summed E-state index contributed by atoms with van der Waals surface area (Å²) in [6.45, 7) is 0.0442. The first-order valence-corrected chi connectivity index (χ1v) is 5.78. The molecule has 1 aliphatic heterocycles. The summed E-state index contributed by atoms with van der Waals surface area (Å²) in [6.07, 6.45) is -2.87. The first-order valence-electron chi connectivity index (χ1n) is 5.78. The van der Waals surface area contributed by atoms with Crippen LogP contribution >= 0.6 is 0 Å². The third kappa shape index (κ3) is 1.83. The smallest absolute Gasteiger partial charge is 0.359 e. The van der Waals surface area contributed by atoms with Crippen LogP contribution in [0.5, 0.6) is 0 Å². The van der Waals surface area contributed by atoms with Gasteiger partial charge in [0.05, 0.1) is 5.69 Å². The Labute approximate surface area is 106 Å². The number of aromatic amines is 1. The number of halogens is 3. The average molecular weight is 272 g/mol. The highest BCUT2D eigenvalue weighted by molar-refractivity contribution is 5.48. The molecule has 3 rings (SSSR count). The van der Waals surface area contributed by atoms with Gasteiger partial charge in [-0.15, -0.1) is 0 Å². The number of aromatic nitrogens is 3. The van der Waals surface area contributed by atoms with Crippen LogP contribution in [0.1, 0.15) is 12.3 Å². The molecule has 0 saturated carbocycles. The summed E-state index contributed by atoms with van der Waals surface area (Å²) >= 11 is 0. The van der Waals surface area contributed by atoms with Gasteiger partial charge < -0.3 is 14.8 Å². The van der Waals surface area contributed by atoms with Crippen LogP contribution in [0.3, 0.4) is 0 Å². The molecule has 1 atom stereocenters. The van der Waals surface area contributed by atoms with Crippen LogP contribution in [0, 0.1) is 0 Å². The molecule has 1 unspecified atom stereocenters. The van der Waals surface area contributed by atoms with E-state index >= 15 is 0 Å². The monoisotopic (exact) mass is 272 g/mol. The van der Waals surface area contributed by atoms with Crippen LogP contribution < -0.4 is 5.32 Å². The lowest BCUT2D eigenvalue weighted by molar-refractivity contribution is -0.191. The Hall–Kier alpha value is -1.83. The lowest BCUT2D eigenvalue weighted by Gasteiger charge is -2.26. The van der Waals surface area contributed by atoms with Gasteiger partial charge in [0.2, 0.25) is 11.7 Å². The third-order valence-electron chi connectivity index (χ3n) is 3.37. The van der Waals surface area contributed by atoms with E-state index < -0.39 is 11.6 Å². The second kappa shape index (κ2) is 4.09. The van der Waals surface area contributed by atoms with Crippen LogP contribution in [0.15, 0.2) is 22.9 Å². The molecule has 0 bridgehead atoms. The minimum absolute atomic E-state index is 0.0944. The molecule has 1 saturated heterocycles. The van der Waals surface area contributed by atoms with E-state index in [1.807, 2.05) is 0 Å². The lowest BCUT2D eigenvalue weighted by atomic mass is 9.86. The zero-order valence-electron chi connectivity index (χ0n) is 9.79. The Bertz CT molecular complexity index is 555. The van der Waals surface area contributed by atoms with E-state index in [9.17, 15) is 13.2 Å². The fourth-order valence-corrected chi connectivity index (χ4v) is 2.23. The molecule has 2 N–H and O–H groups in total. The highest BCUT2D eigenvalue weighted by Crippen LogP contribution is 2.44. The number of nitrogens with one attached hydrogen (secondary N) is 2. The lowest BCUT2D eigenvalue weighted by Crippen LogP contribution is -2.44. The summed E-state index contributed by atoms with van der Waals surface area (Å²) in [7, 11) is 0. The van der Waals surface area contributed by atoms with Gasteiger partial charge in [-0.25, -0.2) is 0 Å². The van der Waals surface area contributed by atoms with Gasteiger partial charge in [-0.2, -0.15) is 18.2 Å². The summed E-state index contributed by atoms with van der Waals surface area (Å²) in [5, 5.41) is 6.32. The molecule has 0 amide bonds. The van der Waals surface area contributed by atoms with E-state index in [4.69, 9.17) is 4.52 Å². The minimum atomic E-state index is -4.42. The Morgan fingerprint density at radius 1 is 1.37 bits per heavy atom. The Kier molecular flexibility index (Phi) is 2.63. The first-order chi connectivity index (χ1) is 9.03. The fraction of sp³-hybridized carbons (Fsp3) is 0.455. The van der Waals surface area contributed by atoms with Gasteiger partial charge >= 0.3 is 6.18 Å². The molecule has 8 heteroatoms. The SMILES string of the molecule is FC(F)(F)C1(c2nc(-c3ccc[nH]3)no2)CCNC1. The zero-order valence-corrected chi connectivity index (χ0v) is 9.79. The molecule has 0 aliphatic carbocycles. The normalized spacial score (nSPS) is 23.9. The van der Waals surface area contributed by atoms with Crippen molar-refractivity contribution in [3.05, 3.63) is 24.2 Å². The van der Waals surface area contributed by atoms with Gasteiger partial charge in [0.15, 0.2) is 5.41 Å². The Morgan fingerprint density at radius 2 is 2.21 bits per heavy atom. The molecule has 19 heavy (non-hydrogen) atoms. The fourth-order valence-electron chi connectivity index (χ4n) is 2.23. The van der Waals surface area contributed by atoms with Crippen molar-refractivity contribution >= 4 is 0 Å². The average Bonchev–Trinajstić information content (AvgIpc) is 3.10. The first kappa shape index (κ1) is 12.2. The van der Waals surface area contributed by atoms with E-state index in [-0.39, 0.29) is 31.2 Å². The van der Waals surface area contributed by atoms with Gasteiger partial charge in [-0.1, -0.05) is 5.16 Å². The third-order valence-corrected chi connectivity index (χ3v) is 3.37. The van der Waals surface area contributed by atoms with Crippen LogP contribution in [-0.4, -0.2) is 34.4 Å². The van der Waals surface area contributed by atoms with E-state index in [1.54, 1.807) is 18.3 Å². The largest absolute Gasteiger partial charge is 0.404 e. The van der Waals surface area contributed by atoms with Crippen LogP contribution in [0.4, 0.5) is 13.2 Å². The van der Waals surface area contributed by atoms with Gasteiger partial charge in [0.1, 0.15) is 0 Å². The number of nitrogens with zero attached hydrogens (tertiary/aromatic N) is 2. The molecule has 0 radical (unpaired) electrons. The molecule has 2 aromatic heterocycles. The van der Waals surface area contributed by atoms with Crippen molar-refractivity contribution in [2.24, 2.45) is 0 Å². The summed E-state index contributed by atoms with van der Waals surface area (Å²) in [6, 6.07) is 3.38. The molecular weight excluding hydrogens is 261 g/mol. The zero-order chi connectivity index (χ0) is 13.5. The topological polar surface area (TPSA) is 66.7 Å². The van der Waals surface area contributed by atoms with Gasteiger partial charge in [0, 0.05) is 12.7 Å². The summed E-state index contributed by atoms with van der Waals surface area (Å²) in [4.78, 5) is 6.73. The van der Waals surface area contributed by atoms with Crippen LogP contribution in [0.25, 0.3) is 11.5 Å². The predicted molar refractivity (Wildman–Crippen MR) is 59.3 cm³/mol. The van der Waals surface area contributed by atoms with Gasteiger partial charge in [0.25, 0.3) is 0 Å². The van der Waals surface area contributed by atoms with Crippen molar-refractivity contribution in [2.75, 3.05) is 13.1 Å². The van der Waals surface area contributed by atoms with E-state index in [0.717, 1.165) is 0 Å². The highest BCUT2D eigenvalue weighted by Gasteiger charge is 2.61. The van der Waals surface area contributed by atoms with Gasteiger partial charge in [-0.3, -0.25) is 0 Å². The van der Waals surface area contributed by atoms with Crippen molar-refractivity contribution in [1.82, 2.24) is 20.4 Å². The maximum Gasteiger partial charge on any atom is 0.404 e. The molecular formula is C11H11F3N4O. The molecule has 3 heterocycles. The number of alkyl halides is 3. The van der Waals surface area contributed by atoms with Crippen molar-refractivity contribution in [2.45, 2.75) is 18.0 Å². The minimum Gasteiger partial charge on any atom is -0.359 e. The molecule has 2 aromatic rings. The van der Waals surface area contributed by atoms with Gasteiger partial charge in [-0.05, 0) is 25.1 Å². The second-order valence-electron chi connectivity index (χ2n) is 4.51. The van der Waals surface area contributed by atoms with Crippen LogP contribution in [-0.2, 0) is 5.41 Å². The Balaban J connectivity index is 2.01. The Morgan fingerprint density at radius 3 is 2.79 bits per heavy atom. The molecule has 5 nitrogen and oxygen atoms in total. The van der Waals surface area contributed by atoms with Crippen molar-refractivity contribution in [3.8, 4) is 11.5 Å². The van der Waals surface area contributed by atoms with E-state index in [1.165, 1.54) is 0 Å². The molecule has 1 fully saturated rings. The summed E-state index contributed by atoms with van der Waals surface area (Å²) < 4.78 is 44.7. The molecule has 0 spiro atoms.